The maximum atomic E-state index is 13.4. The summed E-state index contributed by atoms with van der Waals surface area (Å²) in [5.74, 6) is -0.830. The predicted octanol–water partition coefficient (Wildman–Crippen LogP) is 5.42. The smallest absolute Gasteiger partial charge is 0.264 e. The zero-order valence-electron chi connectivity index (χ0n) is 16.2. The molecule has 0 radical (unpaired) electrons. The summed E-state index contributed by atoms with van der Waals surface area (Å²) in [6.07, 6.45) is -0.346. The van der Waals surface area contributed by atoms with Gasteiger partial charge < -0.3 is 10.0 Å². The molecule has 1 aliphatic heterocycles. The monoisotopic (exact) mass is 483 g/mol. The number of rotatable bonds is 5. The van der Waals surface area contributed by atoms with Crippen LogP contribution in [0.25, 0.3) is 0 Å². The summed E-state index contributed by atoms with van der Waals surface area (Å²) in [4.78, 5) is 27.8. The first kappa shape index (κ1) is 20.8. The van der Waals surface area contributed by atoms with E-state index in [1.165, 1.54) is 0 Å². The van der Waals surface area contributed by atoms with E-state index in [2.05, 4.69) is 15.9 Å². The predicted molar refractivity (Wildman–Crippen MR) is 121 cm³/mol. The van der Waals surface area contributed by atoms with Crippen LogP contribution < -0.4 is 4.90 Å². The Morgan fingerprint density at radius 1 is 1.07 bits per heavy atom. The fourth-order valence-corrected chi connectivity index (χ4v) is 4.18. The molecule has 1 amide bonds. The van der Waals surface area contributed by atoms with Gasteiger partial charge in [-0.25, -0.2) is 0 Å². The molecule has 1 aliphatic rings. The highest BCUT2D eigenvalue weighted by molar-refractivity contribution is 9.10. The standard InChI is InChI=1S/C24H19BrClNO3/c1-15-2-4-16(5-3-15)14-27-21-11-8-18(25)12-20(21)24(30,23(27)29)13-22(28)17-6-9-19(26)10-7-17/h2-12,30H,13-14H2,1H3. The molecule has 152 valence electrons. The van der Waals surface area contributed by atoms with Gasteiger partial charge in [-0.05, 0) is 55.0 Å². The third-order valence-electron chi connectivity index (χ3n) is 5.34. The average molecular weight is 485 g/mol. The molecule has 1 heterocycles. The van der Waals surface area contributed by atoms with Crippen molar-refractivity contribution in [3.8, 4) is 0 Å². The summed E-state index contributed by atoms with van der Waals surface area (Å²) in [7, 11) is 0. The number of fused-ring (bicyclic) bond motifs is 1. The first-order chi connectivity index (χ1) is 14.3. The van der Waals surface area contributed by atoms with Gasteiger partial charge in [-0.3, -0.25) is 9.59 Å². The van der Waals surface area contributed by atoms with E-state index in [1.54, 1.807) is 41.3 Å². The number of Topliss-reactive ketones (excluding diaryl/α,β-unsaturated/α-hetero) is 1. The van der Waals surface area contributed by atoms with Crippen molar-refractivity contribution in [2.75, 3.05) is 4.90 Å². The van der Waals surface area contributed by atoms with E-state index in [9.17, 15) is 14.7 Å². The second-order valence-electron chi connectivity index (χ2n) is 7.51. The van der Waals surface area contributed by atoms with Gasteiger partial charge in [-0.15, -0.1) is 0 Å². The van der Waals surface area contributed by atoms with Gasteiger partial charge in [0.15, 0.2) is 11.4 Å². The third kappa shape index (κ3) is 3.81. The van der Waals surface area contributed by atoms with Crippen molar-refractivity contribution in [2.45, 2.75) is 25.5 Å². The number of aryl methyl sites for hydroxylation is 1. The lowest BCUT2D eigenvalue weighted by Gasteiger charge is -2.23. The van der Waals surface area contributed by atoms with Crippen molar-refractivity contribution in [3.05, 3.63) is 98.5 Å². The molecule has 0 aromatic heterocycles. The SMILES string of the molecule is Cc1ccc(CN2C(=O)C(O)(CC(=O)c3ccc(Cl)cc3)c3cc(Br)ccc32)cc1. The van der Waals surface area contributed by atoms with Crippen LogP contribution in [0.3, 0.4) is 0 Å². The summed E-state index contributed by atoms with van der Waals surface area (Å²) in [5, 5.41) is 12.0. The van der Waals surface area contributed by atoms with E-state index in [0.717, 1.165) is 15.6 Å². The highest BCUT2D eigenvalue weighted by atomic mass is 79.9. The van der Waals surface area contributed by atoms with Gasteiger partial charge in [0.2, 0.25) is 0 Å². The Bertz CT molecular complexity index is 1130. The summed E-state index contributed by atoms with van der Waals surface area (Å²) in [6.45, 7) is 2.31. The van der Waals surface area contributed by atoms with Crippen molar-refractivity contribution >= 4 is 44.9 Å². The van der Waals surface area contributed by atoms with Crippen molar-refractivity contribution in [2.24, 2.45) is 0 Å². The summed E-state index contributed by atoms with van der Waals surface area (Å²) in [6, 6.07) is 19.6. The maximum Gasteiger partial charge on any atom is 0.264 e. The highest BCUT2D eigenvalue weighted by Crippen LogP contribution is 2.44. The van der Waals surface area contributed by atoms with Gasteiger partial charge >= 0.3 is 0 Å². The summed E-state index contributed by atoms with van der Waals surface area (Å²) >= 11 is 9.31. The molecule has 0 spiro atoms. The van der Waals surface area contributed by atoms with Crippen molar-refractivity contribution in [1.82, 2.24) is 0 Å². The number of ketones is 1. The second-order valence-corrected chi connectivity index (χ2v) is 8.86. The zero-order valence-corrected chi connectivity index (χ0v) is 18.6. The Kier molecular flexibility index (Phi) is 5.53. The Labute approximate surface area is 188 Å². The molecule has 0 saturated carbocycles. The minimum absolute atomic E-state index is 0.311. The number of benzene rings is 3. The van der Waals surface area contributed by atoms with Crippen LogP contribution in [-0.4, -0.2) is 16.8 Å². The van der Waals surface area contributed by atoms with Crippen LogP contribution in [0.5, 0.6) is 0 Å². The molecule has 0 aliphatic carbocycles. The first-order valence-electron chi connectivity index (χ1n) is 9.46. The van der Waals surface area contributed by atoms with Crippen LogP contribution >= 0.6 is 27.5 Å². The van der Waals surface area contributed by atoms with Crippen LogP contribution in [-0.2, 0) is 16.9 Å². The van der Waals surface area contributed by atoms with E-state index in [0.29, 0.717) is 28.4 Å². The number of hydrogen-bond acceptors (Lipinski definition) is 3. The third-order valence-corrected chi connectivity index (χ3v) is 6.08. The molecule has 4 rings (SSSR count). The van der Waals surface area contributed by atoms with Crippen LogP contribution in [0.2, 0.25) is 5.02 Å². The number of carbonyl (C=O) groups is 2. The fraction of sp³-hybridized carbons (Fsp3) is 0.167. The molecule has 30 heavy (non-hydrogen) atoms. The largest absolute Gasteiger partial charge is 0.375 e. The number of nitrogens with zero attached hydrogens (tertiary/aromatic N) is 1. The zero-order chi connectivity index (χ0) is 21.5. The number of hydrogen-bond donors (Lipinski definition) is 1. The fourth-order valence-electron chi connectivity index (χ4n) is 3.70. The minimum Gasteiger partial charge on any atom is -0.375 e. The lowest BCUT2D eigenvalue weighted by atomic mass is 9.88. The number of anilines is 1. The van der Waals surface area contributed by atoms with Crippen molar-refractivity contribution < 1.29 is 14.7 Å². The van der Waals surface area contributed by atoms with Crippen LogP contribution in [0.4, 0.5) is 5.69 Å². The second kappa shape index (κ2) is 7.99. The summed E-state index contributed by atoms with van der Waals surface area (Å²) < 4.78 is 0.726. The normalized spacial score (nSPS) is 17.9. The van der Waals surface area contributed by atoms with Gasteiger partial charge in [0.25, 0.3) is 5.91 Å². The molecule has 1 atom stereocenters. The molecule has 3 aromatic rings. The average Bonchev–Trinajstić information content (AvgIpc) is 2.91. The lowest BCUT2D eigenvalue weighted by molar-refractivity contribution is -0.136. The quantitative estimate of drug-likeness (QED) is 0.492. The van der Waals surface area contributed by atoms with Gasteiger partial charge in [-0.2, -0.15) is 0 Å². The molecule has 0 bridgehead atoms. The minimum atomic E-state index is -1.93. The molecule has 3 aromatic carbocycles. The van der Waals surface area contributed by atoms with Crippen LogP contribution in [0, 0.1) is 6.92 Å². The number of amides is 1. The van der Waals surface area contributed by atoms with E-state index >= 15 is 0 Å². The summed E-state index contributed by atoms with van der Waals surface area (Å²) in [5.41, 5.74) is 1.57. The molecule has 1 N–H and O–H groups in total. The van der Waals surface area contributed by atoms with Crippen molar-refractivity contribution in [3.63, 3.8) is 0 Å². The topological polar surface area (TPSA) is 57.6 Å². The molecule has 0 saturated heterocycles. The van der Waals surface area contributed by atoms with Crippen LogP contribution in [0.15, 0.2) is 71.2 Å². The number of carbonyl (C=O) groups excluding carboxylic acids is 2. The molecule has 0 fully saturated rings. The van der Waals surface area contributed by atoms with Gasteiger partial charge in [0.05, 0.1) is 18.7 Å². The highest BCUT2D eigenvalue weighted by Gasteiger charge is 2.51. The van der Waals surface area contributed by atoms with Gasteiger partial charge in [0.1, 0.15) is 0 Å². The van der Waals surface area contributed by atoms with Gasteiger partial charge in [0, 0.05) is 20.6 Å². The molecular formula is C24H19BrClNO3. The van der Waals surface area contributed by atoms with E-state index in [4.69, 9.17) is 11.6 Å². The molecule has 4 nitrogen and oxygen atoms in total. The van der Waals surface area contributed by atoms with E-state index in [1.807, 2.05) is 37.3 Å². The van der Waals surface area contributed by atoms with Crippen molar-refractivity contribution in [1.29, 1.82) is 0 Å². The van der Waals surface area contributed by atoms with E-state index in [-0.39, 0.29) is 12.2 Å². The Hall–Kier alpha value is -2.47. The van der Waals surface area contributed by atoms with E-state index < -0.39 is 11.5 Å². The molecule has 1 unspecified atom stereocenters. The first-order valence-corrected chi connectivity index (χ1v) is 10.6. The Morgan fingerprint density at radius 3 is 2.40 bits per heavy atom. The number of aliphatic hydroxyl groups is 1. The lowest BCUT2D eigenvalue weighted by Crippen LogP contribution is -2.41. The molecule has 6 heteroatoms. The molecular weight excluding hydrogens is 466 g/mol. The maximum absolute atomic E-state index is 13.4. The Morgan fingerprint density at radius 2 is 1.73 bits per heavy atom. The van der Waals surface area contributed by atoms with Gasteiger partial charge in [-0.1, -0.05) is 57.4 Å². The Balaban J connectivity index is 1.70. The van der Waals surface area contributed by atoms with Crippen LogP contribution in [0.1, 0.15) is 33.5 Å². The number of halogens is 2.